The van der Waals surface area contributed by atoms with E-state index in [1.165, 1.54) is 60.9 Å². The van der Waals surface area contributed by atoms with Gasteiger partial charge in [-0.1, -0.05) is 0 Å². The van der Waals surface area contributed by atoms with Crippen molar-refractivity contribution in [2.45, 2.75) is 17.9 Å². The molecule has 1 atom stereocenters. The number of carbonyl (C=O) groups excluding carboxylic acids is 1. The van der Waals surface area contributed by atoms with Crippen LogP contribution in [0.1, 0.15) is 6.92 Å². The molecular formula is C15H15FN2O5S. The van der Waals surface area contributed by atoms with Crippen molar-refractivity contribution in [1.82, 2.24) is 10.2 Å². The van der Waals surface area contributed by atoms with Gasteiger partial charge in [0.05, 0.1) is 4.90 Å². The molecule has 0 bridgehead atoms. The van der Waals surface area contributed by atoms with Gasteiger partial charge in [0.15, 0.2) is 0 Å². The number of hydrogen-bond donors (Lipinski definition) is 3. The van der Waals surface area contributed by atoms with Gasteiger partial charge in [-0.15, -0.1) is 0 Å². The van der Waals surface area contributed by atoms with Gasteiger partial charge in [-0.05, 0) is 55.5 Å². The Morgan fingerprint density at radius 1 is 1.08 bits per heavy atom. The van der Waals surface area contributed by atoms with E-state index in [9.17, 15) is 17.6 Å². The molecule has 0 aliphatic rings. The molecule has 24 heavy (non-hydrogen) atoms. The zero-order valence-electron chi connectivity index (χ0n) is 12.6. The third kappa shape index (κ3) is 4.51. The summed E-state index contributed by atoms with van der Waals surface area (Å²) in [7, 11) is -3.94. The molecule has 2 aromatic rings. The van der Waals surface area contributed by atoms with Crippen molar-refractivity contribution in [2.24, 2.45) is 0 Å². The standard InChI is InChI=1S/C15H15FN2O5S/c1-10(15(19)17-20)18-24(21,22)14-8-6-13(7-9-14)23-12-4-2-11(16)3-5-12/h2-10,18,20H,1H3,(H,17,19). The van der Waals surface area contributed by atoms with Gasteiger partial charge in [-0.3, -0.25) is 10.0 Å². The number of benzene rings is 2. The molecular weight excluding hydrogens is 339 g/mol. The van der Waals surface area contributed by atoms with Crippen LogP contribution in [0, 0.1) is 5.82 Å². The molecule has 0 radical (unpaired) electrons. The fourth-order valence-electron chi connectivity index (χ4n) is 1.78. The van der Waals surface area contributed by atoms with E-state index in [2.05, 4.69) is 4.72 Å². The molecule has 2 rings (SSSR count). The van der Waals surface area contributed by atoms with Gasteiger partial charge in [0.25, 0.3) is 5.91 Å². The number of amides is 1. The molecule has 0 aromatic heterocycles. The summed E-state index contributed by atoms with van der Waals surface area (Å²) in [4.78, 5) is 11.1. The van der Waals surface area contributed by atoms with Crippen LogP contribution in [0.4, 0.5) is 4.39 Å². The van der Waals surface area contributed by atoms with Crippen molar-refractivity contribution in [3.8, 4) is 11.5 Å². The zero-order valence-corrected chi connectivity index (χ0v) is 13.4. The number of hydrogen-bond acceptors (Lipinski definition) is 5. The second kappa shape index (κ2) is 7.39. The topological polar surface area (TPSA) is 105 Å². The summed E-state index contributed by atoms with van der Waals surface area (Å²) in [6.45, 7) is 1.29. The largest absolute Gasteiger partial charge is 0.457 e. The Kier molecular flexibility index (Phi) is 5.50. The summed E-state index contributed by atoms with van der Waals surface area (Å²) in [6.07, 6.45) is 0. The minimum absolute atomic E-state index is 0.0773. The Hall–Kier alpha value is -2.49. The number of hydroxylamine groups is 1. The number of rotatable bonds is 6. The van der Waals surface area contributed by atoms with Crippen LogP contribution in [-0.4, -0.2) is 25.6 Å². The summed E-state index contributed by atoms with van der Waals surface area (Å²) in [5.74, 6) is -0.509. The van der Waals surface area contributed by atoms with E-state index < -0.39 is 27.8 Å². The van der Waals surface area contributed by atoms with Crippen LogP contribution in [0.3, 0.4) is 0 Å². The van der Waals surface area contributed by atoms with E-state index in [1.807, 2.05) is 0 Å². The third-order valence-electron chi connectivity index (χ3n) is 3.02. The van der Waals surface area contributed by atoms with Gasteiger partial charge in [-0.25, -0.2) is 18.3 Å². The SMILES string of the molecule is CC(NS(=O)(=O)c1ccc(Oc2ccc(F)cc2)cc1)C(=O)NO. The molecule has 0 spiro atoms. The lowest BCUT2D eigenvalue weighted by Gasteiger charge is -2.12. The highest BCUT2D eigenvalue weighted by atomic mass is 32.2. The molecule has 2 aromatic carbocycles. The first kappa shape index (κ1) is 17.9. The maximum Gasteiger partial charge on any atom is 0.261 e. The lowest BCUT2D eigenvalue weighted by Crippen LogP contribution is -2.43. The van der Waals surface area contributed by atoms with Crippen molar-refractivity contribution in [1.29, 1.82) is 0 Å². The van der Waals surface area contributed by atoms with Crippen LogP contribution in [0.15, 0.2) is 53.4 Å². The monoisotopic (exact) mass is 354 g/mol. The summed E-state index contributed by atoms with van der Waals surface area (Å²) < 4.78 is 44.6. The van der Waals surface area contributed by atoms with E-state index in [0.29, 0.717) is 11.5 Å². The number of halogens is 1. The second-order valence-corrected chi connectivity index (χ2v) is 6.56. The highest BCUT2D eigenvalue weighted by Gasteiger charge is 2.21. The summed E-state index contributed by atoms with van der Waals surface area (Å²) in [5, 5.41) is 8.49. The van der Waals surface area contributed by atoms with Crippen molar-refractivity contribution in [3.05, 3.63) is 54.3 Å². The lowest BCUT2D eigenvalue weighted by atomic mass is 10.3. The molecule has 0 heterocycles. The third-order valence-corrected chi connectivity index (χ3v) is 4.58. The Bertz CT molecular complexity index is 807. The Morgan fingerprint density at radius 2 is 1.58 bits per heavy atom. The van der Waals surface area contributed by atoms with Crippen molar-refractivity contribution in [3.63, 3.8) is 0 Å². The minimum Gasteiger partial charge on any atom is -0.457 e. The van der Waals surface area contributed by atoms with Crippen LogP contribution < -0.4 is 14.9 Å². The number of carbonyl (C=O) groups is 1. The molecule has 0 aliphatic heterocycles. The van der Waals surface area contributed by atoms with Gasteiger partial charge in [-0.2, -0.15) is 4.72 Å². The molecule has 0 fully saturated rings. The average molecular weight is 354 g/mol. The summed E-state index contributed by atoms with van der Waals surface area (Å²) in [6, 6.07) is 9.67. The van der Waals surface area contributed by atoms with Crippen molar-refractivity contribution in [2.75, 3.05) is 0 Å². The molecule has 0 aliphatic carbocycles. The molecule has 9 heteroatoms. The van der Waals surface area contributed by atoms with Crippen LogP contribution in [0.2, 0.25) is 0 Å². The maximum atomic E-state index is 12.8. The first-order valence-corrected chi connectivity index (χ1v) is 8.30. The molecule has 1 unspecified atom stereocenters. The van der Waals surface area contributed by atoms with E-state index in [0.717, 1.165) is 0 Å². The first-order valence-electron chi connectivity index (χ1n) is 6.81. The number of ether oxygens (including phenoxy) is 1. The highest BCUT2D eigenvalue weighted by Crippen LogP contribution is 2.23. The normalized spacial score (nSPS) is 12.5. The molecule has 0 saturated carbocycles. The zero-order chi connectivity index (χ0) is 17.7. The van der Waals surface area contributed by atoms with Crippen LogP contribution in [-0.2, 0) is 14.8 Å². The van der Waals surface area contributed by atoms with Crippen LogP contribution in [0.5, 0.6) is 11.5 Å². The number of sulfonamides is 1. The van der Waals surface area contributed by atoms with Gasteiger partial charge >= 0.3 is 0 Å². The van der Waals surface area contributed by atoms with E-state index in [-0.39, 0.29) is 4.90 Å². The van der Waals surface area contributed by atoms with Crippen LogP contribution in [0.25, 0.3) is 0 Å². The fraction of sp³-hybridized carbons (Fsp3) is 0.133. The van der Waals surface area contributed by atoms with Gasteiger partial charge in [0, 0.05) is 0 Å². The van der Waals surface area contributed by atoms with Crippen molar-refractivity contribution >= 4 is 15.9 Å². The molecule has 1 amide bonds. The first-order chi connectivity index (χ1) is 11.3. The summed E-state index contributed by atoms with van der Waals surface area (Å²) >= 11 is 0. The Labute approximate surface area is 138 Å². The predicted octanol–water partition coefficient (Wildman–Crippen LogP) is 1.79. The quantitative estimate of drug-likeness (QED) is 0.542. The van der Waals surface area contributed by atoms with Crippen molar-refractivity contribution < 1.29 is 27.5 Å². The maximum absolute atomic E-state index is 12.8. The minimum atomic E-state index is -3.94. The fourth-order valence-corrected chi connectivity index (χ4v) is 2.98. The molecule has 0 saturated heterocycles. The van der Waals surface area contributed by atoms with Crippen LogP contribution >= 0.6 is 0 Å². The van der Waals surface area contributed by atoms with E-state index >= 15 is 0 Å². The Balaban J connectivity index is 2.10. The Morgan fingerprint density at radius 3 is 2.08 bits per heavy atom. The second-order valence-electron chi connectivity index (χ2n) is 4.85. The van der Waals surface area contributed by atoms with Gasteiger partial charge < -0.3 is 4.74 Å². The van der Waals surface area contributed by atoms with Gasteiger partial charge in [0.1, 0.15) is 23.4 Å². The highest BCUT2D eigenvalue weighted by molar-refractivity contribution is 7.89. The smallest absolute Gasteiger partial charge is 0.261 e. The van der Waals surface area contributed by atoms with E-state index in [4.69, 9.17) is 9.94 Å². The number of nitrogens with one attached hydrogen (secondary N) is 2. The molecule has 128 valence electrons. The lowest BCUT2D eigenvalue weighted by molar-refractivity contribution is -0.130. The van der Waals surface area contributed by atoms with E-state index in [1.54, 1.807) is 0 Å². The summed E-state index contributed by atoms with van der Waals surface area (Å²) in [5.41, 5.74) is 1.37. The molecule has 3 N–H and O–H groups in total. The average Bonchev–Trinajstić information content (AvgIpc) is 2.56. The molecule has 7 nitrogen and oxygen atoms in total. The van der Waals surface area contributed by atoms with Gasteiger partial charge in [0.2, 0.25) is 10.0 Å². The predicted molar refractivity (Wildman–Crippen MR) is 82.6 cm³/mol.